The Morgan fingerprint density at radius 3 is 2.43 bits per heavy atom. The number of amides is 1. The summed E-state index contributed by atoms with van der Waals surface area (Å²) >= 11 is 0. The van der Waals surface area contributed by atoms with Gasteiger partial charge < -0.3 is 10.1 Å². The van der Waals surface area contributed by atoms with Gasteiger partial charge in [0.2, 0.25) is 5.91 Å². The standard InChI is InChI=1S/C11H23NO2/c1-6-11(4,10(13)12-5)8-14-7-9(2)3/h9H,6-8H2,1-5H3,(H,12,13). The van der Waals surface area contributed by atoms with Crippen molar-refractivity contribution in [2.75, 3.05) is 20.3 Å². The van der Waals surface area contributed by atoms with E-state index < -0.39 is 0 Å². The quantitative estimate of drug-likeness (QED) is 0.712. The summed E-state index contributed by atoms with van der Waals surface area (Å²) in [5.74, 6) is 0.574. The first-order valence-electron chi connectivity index (χ1n) is 5.26. The number of hydrogen-bond donors (Lipinski definition) is 1. The molecular formula is C11H23NO2. The molecule has 0 saturated carbocycles. The van der Waals surface area contributed by atoms with Crippen LogP contribution in [0.2, 0.25) is 0 Å². The molecular weight excluding hydrogens is 178 g/mol. The van der Waals surface area contributed by atoms with E-state index in [1.807, 2.05) is 13.8 Å². The Balaban J connectivity index is 4.06. The Bertz CT molecular complexity index is 180. The fourth-order valence-corrected chi connectivity index (χ4v) is 1.15. The highest BCUT2D eigenvalue weighted by Crippen LogP contribution is 2.21. The zero-order valence-electron chi connectivity index (χ0n) is 10.0. The van der Waals surface area contributed by atoms with E-state index in [9.17, 15) is 4.79 Å². The van der Waals surface area contributed by atoms with Gasteiger partial charge in [-0.2, -0.15) is 0 Å². The lowest BCUT2D eigenvalue weighted by Crippen LogP contribution is -2.40. The molecule has 0 spiro atoms. The number of carbonyl (C=O) groups is 1. The second-order valence-corrected chi connectivity index (χ2v) is 4.40. The Morgan fingerprint density at radius 2 is 2.07 bits per heavy atom. The minimum Gasteiger partial charge on any atom is -0.380 e. The van der Waals surface area contributed by atoms with Crippen molar-refractivity contribution in [3.63, 3.8) is 0 Å². The lowest BCUT2D eigenvalue weighted by atomic mass is 9.87. The Labute approximate surface area is 87.2 Å². The zero-order chi connectivity index (χ0) is 11.2. The average Bonchev–Trinajstić information content (AvgIpc) is 2.15. The molecule has 84 valence electrons. The van der Waals surface area contributed by atoms with Crippen LogP contribution in [0.1, 0.15) is 34.1 Å². The van der Waals surface area contributed by atoms with Crippen LogP contribution in [0, 0.1) is 11.3 Å². The van der Waals surface area contributed by atoms with E-state index in [2.05, 4.69) is 19.2 Å². The Morgan fingerprint density at radius 1 is 1.50 bits per heavy atom. The lowest BCUT2D eigenvalue weighted by Gasteiger charge is -2.26. The summed E-state index contributed by atoms with van der Waals surface area (Å²) in [5, 5.41) is 2.68. The first kappa shape index (κ1) is 13.4. The molecule has 0 aliphatic rings. The van der Waals surface area contributed by atoms with Gasteiger partial charge in [-0.15, -0.1) is 0 Å². The highest BCUT2D eigenvalue weighted by Gasteiger charge is 2.30. The molecule has 0 aliphatic carbocycles. The lowest BCUT2D eigenvalue weighted by molar-refractivity contribution is -0.133. The molecule has 0 rings (SSSR count). The van der Waals surface area contributed by atoms with Gasteiger partial charge in [0.15, 0.2) is 0 Å². The minimum absolute atomic E-state index is 0.0590. The van der Waals surface area contributed by atoms with Gasteiger partial charge in [0.25, 0.3) is 0 Å². The number of hydrogen-bond acceptors (Lipinski definition) is 2. The largest absolute Gasteiger partial charge is 0.380 e. The van der Waals surface area contributed by atoms with Crippen molar-refractivity contribution in [3.05, 3.63) is 0 Å². The van der Waals surface area contributed by atoms with Crippen LogP contribution in [0.4, 0.5) is 0 Å². The summed E-state index contributed by atoms with van der Waals surface area (Å²) in [6.07, 6.45) is 0.796. The van der Waals surface area contributed by atoms with Gasteiger partial charge in [-0.05, 0) is 19.3 Å². The molecule has 14 heavy (non-hydrogen) atoms. The molecule has 0 bridgehead atoms. The third-order valence-electron chi connectivity index (χ3n) is 2.43. The predicted octanol–water partition coefficient (Wildman–Crippen LogP) is 1.82. The van der Waals surface area contributed by atoms with Crippen molar-refractivity contribution in [1.29, 1.82) is 0 Å². The first-order chi connectivity index (χ1) is 6.46. The van der Waals surface area contributed by atoms with Gasteiger partial charge in [0.05, 0.1) is 12.0 Å². The minimum atomic E-state index is -0.385. The predicted molar refractivity (Wildman–Crippen MR) is 58.1 cm³/mol. The highest BCUT2D eigenvalue weighted by atomic mass is 16.5. The van der Waals surface area contributed by atoms with E-state index in [4.69, 9.17) is 4.74 Å². The van der Waals surface area contributed by atoms with Crippen molar-refractivity contribution in [2.45, 2.75) is 34.1 Å². The third-order valence-corrected chi connectivity index (χ3v) is 2.43. The second kappa shape index (κ2) is 6.02. The summed E-state index contributed by atoms with van der Waals surface area (Å²) in [6, 6.07) is 0. The van der Waals surface area contributed by atoms with E-state index in [-0.39, 0.29) is 11.3 Å². The number of ether oxygens (including phenoxy) is 1. The topological polar surface area (TPSA) is 38.3 Å². The molecule has 1 N–H and O–H groups in total. The molecule has 0 aromatic rings. The molecule has 0 fully saturated rings. The maximum atomic E-state index is 11.5. The maximum absolute atomic E-state index is 11.5. The third kappa shape index (κ3) is 4.09. The fourth-order valence-electron chi connectivity index (χ4n) is 1.15. The summed E-state index contributed by atoms with van der Waals surface area (Å²) < 4.78 is 5.51. The number of carbonyl (C=O) groups excluding carboxylic acids is 1. The van der Waals surface area contributed by atoms with Crippen LogP contribution in [0.5, 0.6) is 0 Å². The number of nitrogens with one attached hydrogen (secondary N) is 1. The van der Waals surface area contributed by atoms with Gasteiger partial charge in [-0.3, -0.25) is 4.79 Å². The summed E-state index contributed by atoms with van der Waals surface area (Å²) in [5.41, 5.74) is -0.385. The van der Waals surface area contributed by atoms with Crippen LogP contribution < -0.4 is 5.32 Å². The van der Waals surface area contributed by atoms with Crippen molar-refractivity contribution >= 4 is 5.91 Å². The van der Waals surface area contributed by atoms with E-state index in [1.165, 1.54) is 0 Å². The molecule has 0 saturated heterocycles. The summed E-state index contributed by atoms with van der Waals surface area (Å²) in [4.78, 5) is 11.5. The smallest absolute Gasteiger partial charge is 0.228 e. The average molecular weight is 201 g/mol. The highest BCUT2D eigenvalue weighted by molar-refractivity contribution is 5.81. The Kier molecular flexibility index (Phi) is 5.77. The molecule has 0 aromatic heterocycles. The molecule has 1 amide bonds. The van der Waals surface area contributed by atoms with Gasteiger partial charge >= 0.3 is 0 Å². The van der Waals surface area contributed by atoms with Crippen molar-refractivity contribution in [2.24, 2.45) is 11.3 Å². The summed E-state index contributed by atoms with van der Waals surface area (Å²) in [7, 11) is 1.67. The summed E-state index contributed by atoms with van der Waals surface area (Å²) in [6.45, 7) is 9.36. The van der Waals surface area contributed by atoms with Gasteiger partial charge in [-0.25, -0.2) is 0 Å². The van der Waals surface area contributed by atoms with Crippen LogP contribution in [0.25, 0.3) is 0 Å². The van der Waals surface area contributed by atoms with E-state index in [0.717, 1.165) is 6.42 Å². The van der Waals surface area contributed by atoms with Crippen LogP contribution in [-0.2, 0) is 9.53 Å². The van der Waals surface area contributed by atoms with Crippen LogP contribution in [0.3, 0.4) is 0 Å². The van der Waals surface area contributed by atoms with Crippen molar-refractivity contribution in [1.82, 2.24) is 5.32 Å². The van der Waals surface area contributed by atoms with Crippen molar-refractivity contribution in [3.8, 4) is 0 Å². The SMILES string of the molecule is CCC(C)(COCC(C)C)C(=O)NC. The van der Waals surface area contributed by atoms with E-state index in [1.54, 1.807) is 7.05 Å². The van der Waals surface area contributed by atoms with Gasteiger partial charge in [0.1, 0.15) is 0 Å². The van der Waals surface area contributed by atoms with Gasteiger partial charge in [0, 0.05) is 13.7 Å². The van der Waals surface area contributed by atoms with Crippen molar-refractivity contribution < 1.29 is 9.53 Å². The van der Waals surface area contributed by atoms with Crippen LogP contribution >= 0.6 is 0 Å². The molecule has 3 heteroatoms. The van der Waals surface area contributed by atoms with Crippen LogP contribution in [0.15, 0.2) is 0 Å². The molecule has 1 unspecified atom stereocenters. The molecule has 0 heterocycles. The molecule has 0 aromatic carbocycles. The maximum Gasteiger partial charge on any atom is 0.228 e. The Hall–Kier alpha value is -0.570. The number of rotatable bonds is 6. The molecule has 0 radical (unpaired) electrons. The van der Waals surface area contributed by atoms with Crippen LogP contribution in [-0.4, -0.2) is 26.2 Å². The van der Waals surface area contributed by atoms with E-state index >= 15 is 0 Å². The molecule has 1 atom stereocenters. The monoisotopic (exact) mass is 201 g/mol. The fraction of sp³-hybridized carbons (Fsp3) is 0.909. The normalized spacial score (nSPS) is 15.3. The molecule has 0 aliphatic heterocycles. The van der Waals surface area contributed by atoms with Gasteiger partial charge in [-0.1, -0.05) is 20.8 Å². The zero-order valence-corrected chi connectivity index (χ0v) is 10.0. The second-order valence-electron chi connectivity index (χ2n) is 4.40. The van der Waals surface area contributed by atoms with E-state index in [0.29, 0.717) is 19.1 Å². The molecule has 3 nitrogen and oxygen atoms in total. The first-order valence-corrected chi connectivity index (χ1v) is 5.26.